The molecule has 2 aromatic rings. The van der Waals surface area contributed by atoms with Crippen molar-refractivity contribution < 1.29 is 9.47 Å². The Balaban J connectivity index is 0.00000249. The molecule has 0 fully saturated rings. The predicted octanol–water partition coefficient (Wildman–Crippen LogP) is 10.6. The van der Waals surface area contributed by atoms with Crippen LogP contribution in [-0.4, -0.2) is 13.2 Å². The highest BCUT2D eigenvalue weighted by Crippen LogP contribution is 2.41. The van der Waals surface area contributed by atoms with Gasteiger partial charge in [-0.15, -0.1) is 0 Å². The molecule has 2 aromatic carbocycles. The third-order valence-corrected chi connectivity index (χ3v) is 7.27. The van der Waals surface area contributed by atoms with Crippen molar-refractivity contribution in [3.63, 3.8) is 0 Å². The number of halogens is 2. The Hall–Kier alpha value is -0.740. The SMILES string of the molecule is CC.CCCCC(CC)COc1c(Br)ccc2c(OCC(CC)CCCC)c(Br)ccc12. The maximum atomic E-state index is 6.38. The van der Waals surface area contributed by atoms with Crippen LogP contribution in [-0.2, 0) is 0 Å². The van der Waals surface area contributed by atoms with E-state index in [0.717, 1.165) is 57.3 Å². The van der Waals surface area contributed by atoms with Crippen LogP contribution in [0.4, 0.5) is 0 Å². The lowest BCUT2D eigenvalue weighted by molar-refractivity contribution is 0.232. The van der Waals surface area contributed by atoms with Gasteiger partial charge in [0.1, 0.15) is 11.5 Å². The Bertz CT molecular complexity index is 710. The van der Waals surface area contributed by atoms with Crippen molar-refractivity contribution in [1.29, 1.82) is 0 Å². The van der Waals surface area contributed by atoms with Crippen LogP contribution in [0.1, 0.15) is 92.9 Å². The zero-order valence-corrected chi connectivity index (χ0v) is 24.3. The van der Waals surface area contributed by atoms with Gasteiger partial charge in [-0.1, -0.05) is 80.1 Å². The lowest BCUT2D eigenvalue weighted by Gasteiger charge is -2.20. The highest BCUT2D eigenvalue weighted by Gasteiger charge is 2.17. The first kappa shape index (κ1) is 29.3. The molecule has 0 amide bonds. The number of fused-ring (bicyclic) bond motifs is 1. The summed E-state index contributed by atoms with van der Waals surface area (Å²) in [6.07, 6.45) is 9.76. The Morgan fingerprint density at radius 1 is 0.656 bits per heavy atom. The van der Waals surface area contributed by atoms with Gasteiger partial charge >= 0.3 is 0 Å². The smallest absolute Gasteiger partial charge is 0.141 e. The summed E-state index contributed by atoms with van der Waals surface area (Å²) in [6, 6.07) is 8.43. The van der Waals surface area contributed by atoms with Gasteiger partial charge < -0.3 is 9.47 Å². The summed E-state index contributed by atoms with van der Waals surface area (Å²) in [5, 5.41) is 2.21. The summed E-state index contributed by atoms with van der Waals surface area (Å²) in [4.78, 5) is 0. The lowest BCUT2D eigenvalue weighted by Crippen LogP contribution is -2.12. The summed E-state index contributed by atoms with van der Waals surface area (Å²) in [5.41, 5.74) is 0. The Labute approximate surface area is 214 Å². The maximum Gasteiger partial charge on any atom is 0.141 e. The molecule has 2 atom stereocenters. The first-order valence-corrected chi connectivity index (χ1v) is 14.3. The van der Waals surface area contributed by atoms with Crippen LogP contribution < -0.4 is 9.47 Å². The first-order valence-electron chi connectivity index (χ1n) is 12.7. The van der Waals surface area contributed by atoms with Gasteiger partial charge in [0.2, 0.25) is 0 Å². The van der Waals surface area contributed by atoms with Crippen LogP contribution >= 0.6 is 31.9 Å². The second kappa shape index (κ2) is 16.8. The molecule has 0 aliphatic heterocycles. The van der Waals surface area contributed by atoms with Gasteiger partial charge in [-0.25, -0.2) is 0 Å². The van der Waals surface area contributed by atoms with E-state index < -0.39 is 0 Å². The van der Waals surface area contributed by atoms with E-state index in [0.29, 0.717) is 11.8 Å². The van der Waals surface area contributed by atoms with Gasteiger partial charge in [-0.05, 0) is 80.8 Å². The average Bonchev–Trinajstić information content (AvgIpc) is 2.82. The van der Waals surface area contributed by atoms with E-state index in [1.54, 1.807) is 0 Å². The second-order valence-corrected chi connectivity index (χ2v) is 10.0. The van der Waals surface area contributed by atoms with Crippen molar-refractivity contribution in [2.75, 3.05) is 13.2 Å². The maximum absolute atomic E-state index is 6.38. The third-order valence-electron chi connectivity index (χ3n) is 6.02. The van der Waals surface area contributed by atoms with Crippen molar-refractivity contribution in [1.82, 2.24) is 0 Å². The van der Waals surface area contributed by atoms with Crippen LogP contribution in [0.5, 0.6) is 11.5 Å². The quantitative estimate of drug-likeness (QED) is 0.224. The molecule has 0 N–H and O–H groups in total. The van der Waals surface area contributed by atoms with E-state index in [-0.39, 0.29) is 0 Å². The molecule has 2 rings (SSSR count). The predicted molar refractivity (Wildman–Crippen MR) is 148 cm³/mol. The van der Waals surface area contributed by atoms with Gasteiger partial charge in [0.15, 0.2) is 0 Å². The van der Waals surface area contributed by atoms with Crippen molar-refractivity contribution in [2.45, 2.75) is 92.9 Å². The fraction of sp³-hybridized carbons (Fsp3) is 0.643. The van der Waals surface area contributed by atoms with Crippen molar-refractivity contribution in [2.24, 2.45) is 11.8 Å². The molecular formula is C28H44Br2O2. The van der Waals surface area contributed by atoms with Crippen LogP contribution in [0, 0.1) is 11.8 Å². The van der Waals surface area contributed by atoms with E-state index in [1.807, 2.05) is 13.8 Å². The van der Waals surface area contributed by atoms with Crippen molar-refractivity contribution in [3.05, 3.63) is 33.2 Å². The van der Waals surface area contributed by atoms with Crippen molar-refractivity contribution >= 4 is 42.6 Å². The molecule has 0 heterocycles. The Morgan fingerprint density at radius 3 is 1.34 bits per heavy atom. The van der Waals surface area contributed by atoms with Crippen LogP contribution in [0.25, 0.3) is 10.8 Å². The van der Waals surface area contributed by atoms with Crippen LogP contribution in [0.15, 0.2) is 33.2 Å². The Morgan fingerprint density at radius 2 is 1.03 bits per heavy atom. The van der Waals surface area contributed by atoms with Gasteiger partial charge in [0, 0.05) is 10.8 Å². The lowest BCUT2D eigenvalue weighted by atomic mass is 10.0. The summed E-state index contributed by atoms with van der Waals surface area (Å²) >= 11 is 7.42. The van der Waals surface area contributed by atoms with Crippen LogP contribution in [0.2, 0.25) is 0 Å². The van der Waals surface area contributed by atoms with E-state index in [1.165, 1.54) is 38.5 Å². The number of rotatable bonds is 14. The summed E-state index contributed by atoms with van der Waals surface area (Å²) in [7, 11) is 0. The molecule has 0 aliphatic carbocycles. The summed E-state index contributed by atoms with van der Waals surface area (Å²) in [6.45, 7) is 14.5. The molecule has 0 radical (unpaired) electrons. The fourth-order valence-corrected chi connectivity index (χ4v) is 4.71. The number of hydrogen-bond donors (Lipinski definition) is 0. The normalized spacial score (nSPS) is 12.8. The molecule has 4 heteroatoms. The fourth-order valence-electron chi connectivity index (χ4n) is 3.79. The summed E-state index contributed by atoms with van der Waals surface area (Å²) < 4.78 is 14.8. The third kappa shape index (κ3) is 8.89. The summed E-state index contributed by atoms with van der Waals surface area (Å²) in [5.74, 6) is 3.06. The van der Waals surface area contributed by atoms with Crippen molar-refractivity contribution in [3.8, 4) is 11.5 Å². The number of benzene rings is 2. The molecule has 2 unspecified atom stereocenters. The standard InChI is InChI=1S/C26H38Br2O2.C2H6/c1-5-9-11-19(7-3)17-29-25-21-13-16-24(28)26(22(21)14-15-23(25)27)30-18-20(8-4)12-10-6-2;1-2/h13-16,19-20H,5-12,17-18H2,1-4H3;1-2H3. The minimum Gasteiger partial charge on any atom is -0.491 e. The molecule has 2 nitrogen and oxygen atoms in total. The van der Waals surface area contributed by atoms with Crippen LogP contribution in [0.3, 0.4) is 0 Å². The van der Waals surface area contributed by atoms with E-state index in [2.05, 4.69) is 83.8 Å². The minimum atomic E-state index is 0.599. The number of hydrogen-bond acceptors (Lipinski definition) is 2. The zero-order chi connectivity index (χ0) is 23.9. The average molecular weight is 572 g/mol. The van der Waals surface area contributed by atoms with E-state index >= 15 is 0 Å². The monoisotopic (exact) mass is 570 g/mol. The minimum absolute atomic E-state index is 0.599. The molecule has 0 aromatic heterocycles. The second-order valence-electron chi connectivity index (χ2n) is 8.30. The van der Waals surface area contributed by atoms with Gasteiger partial charge in [0.25, 0.3) is 0 Å². The zero-order valence-electron chi connectivity index (χ0n) is 21.1. The highest BCUT2D eigenvalue weighted by atomic mass is 79.9. The number of ether oxygens (including phenoxy) is 2. The molecule has 0 saturated heterocycles. The van der Waals surface area contributed by atoms with Gasteiger partial charge in [-0.3, -0.25) is 0 Å². The molecular weight excluding hydrogens is 528 g/mol. The number of unbranched alkanes of at least 4 members (excludes halogenated alkanes) is 2. The molecule has 32 heavy (non-hydrogen) atoms. The molecule has 0 bridgehead atoms. The van der Waals surface area contributed by atoms with Gasteiger partial charge in [0.05, 0.1) is 22.2 Å². The Kier molecular flexibility index (Phi) is 15.4. The van der Waals surface area contributed by atoms with Gasteiger partial charge in [-0.2, -0.15) is 0 Å². The largest absolute Gasteiger partial charge is 0.491 e. The van der Waals surface area contributed by atoms with E-state index in [9.17, 15) is 0 Å². The topological polar surface area (TPSA) is 18.5 Å². The van der Waals surface area contributed by atoms with E-state index in [4.69, 9.17) is 9.47 Å². The molecule has 0 spiro atoms. The highest BCUT2D eigenvalue weighted by molar-refractivity contribution is 9.11. The molecule has 0 aliphatic rings. The molecule has 0 saturated carbocycles. The first-order chi connectivity index (χ1) is 15.5. The molecule has 182 valence electrons.